The zero-order chi connectivity index (χ0) is 19.2. The summed E-state index contributed by atoms with van der Waals surface area (Å²) in [5.41, 5.74) is 1.57. The highest BCUT2D eigenvalue weighted by Gasteiger charge is 2.35. The Balaban J connectivity index is 1.86. The molecule has 0 saturated heterocycles. The van der Waals surface area contributed by atoms with Gasteiger partial charge in [0.2, 0.25) is 0 Å². The minimum atomic E-state index is -4.56. The fourth-order valence-electron chi connectivity index (χ4n) is 3.28. The van der Waals surface area contributed by atoms with E-state index in [-0.39, 0.29) is 17.7 Å². The van der Waals surface area contributed by atoms with Gasteiger partial charge in [-0.05, 0) is 25.0 Å². The number of halogens is 3. The molecule has 27 heavy (non-hydrogen) atoms. The number of aromatic nitrogens is 4. The molecule has 1 aliphatic rings. The predicted molar refractivity (Wildman–Crippen MR) is 87.3 cm³/mol. The summed E-state index contributed by atoms with van der Waals surface area (Å²) in [5, 5.41) is 25.1. The monoisotopic (exact) mass is 376 g/mol. The fourth-order valence-corrected chi connectivity index (χ4v) is 3.28. The van der Waals surface area contributed by atoms with E-state index in [2.05, 4.69) is 20.6 Å². The maximum atomic E-state index is 13.0. The molecule has 0 spiro atoms. The summed E-state index contributed by atoms with van der Waals surface area (Å²) in [6.07, 6.45) is -3.92. The van der Waals surface area contributed by atoms with Gasteiger partial charge in [-0.3, -0.25) is 9.78 Å². The normalized spacial score (nSPS) is 13.1. The summed E-state index contributed by atoms with van der Waals surface area (Å²) < 4.78 is 39.7. The molecule has 0 bridgehead atoms. The number of hydrogen-bond donors (Lipinski definition) is 2. The smallest absolute Gasteiger partial charge is 0.408 e. The number of carboxylic acid groups (broad SMARTS) is 1. The Hall–Kier alpha value is -3.30. The molecule has 0 aliphatic heterocycles. The number of fused-ring (bicyclic) bond motifs is 3. The second-order valence-electron chi connectivity index (χ2n) is 6.15. The topological polar surface area (TPSA) is 98.7 Å². The number of rotatable bonds is 4. The van der Waals surface area contributed by atoms with Crippen LogP contribution in [0.2, 0.25) is 0 Å². The highest BCUT2D eigenvalue weighted by molar-refractivity contribution is 5.91. The number of carboxylic acids is 1. The van der Waals surface area contributed by atoms with E-state index in [0.717, 1.165) is 0 Å². The zero-order valence-corrected chi connectivity index (χ0v) is 13.8. The summed E-state index contributed by atoms with van der Waals surface area (Å²) >= 11 is 0. The number of hydrogen-bond acceptors (Lipinski definition) is 5. The van der Waals surface area contributed by atoms with Crippen LogP contribution in [0.15, 0.2) is 30.3 Å². The van der Waals surface area contributed by atoms with E-state index in [9.17, 15) is 23.1 Å². The molecule has 7 nitrogen and oxygen atoms in total. The van der Waals surface area contributed by atoms with Crippen molar-refractivity contribution in [3.63, 3.8) is 0 Å². The lowest BCUT2D eigenvalue weighted by atomic mass is 9.93. The third kappa shape index (κ3) is 3.14. The molecule has 0 saturated carbocycles. The van der Waals surface area contributed by atoms with Crippen LogP contribution >= 0.6 is 0 Å². The average Bonchev–Trinajstić information content (AvgIpc) is 3.16. The highest BCUT2D eigenvalue weighted by atomic mass is 19.4. The van der Waals surface area contributed by atoms with Crippen LogP contribution in [-0.4, -0.2) is 32.1 Å². The van der Waals surface area contributed by atoms with Crippen molar-refractivity contribution in [3.8, 4) is 11.3 Å². The first-order valence-corrected chi connectivity index (χ1v) is 8.11. The van der Waals surface area contributed by atoms with Crippen molar-refractivity contribution in [1.29, 1.82) is 0 Å². The van der Waals surface area contributed by atoms with Crippen molar-refractivity contribution in [2.24, 2.45) is 0 Å². The van der Waals surface area contributed by atoms with Gasteiger partial charge in [-0.2, -0.15) is 23.4 Å². The summed E-state index contributed by atoms with van der Waals surface area (Å²) in [5.74, 6) is -1.29. The molecule has 10 heteroatoms. The Morgan fingerprint density at radius 1 is 1.26 bits per heavy atom. The Morgan fingerprint density at radius 2 is 2.00 bits per heavy atom. The van der Waals surface area contributed by atoms with Crippen LogP contribution in [-0.2, 0) is 19.4 Å². The molecule has 0 radical (unpaired) electrons. The number of benzene rings is 1. The number of nitrogens with one attached hydrogen (secondary N) is 2. The second kappa shape index (κ2) is 6.15. The van der Waals surface area contributed by atoms with Gasteiger partial charge < -0.3 is 15.2 Å². The number of aromatic carboxylic acids is 1. The Bertz CT molecular complexity index is 1010. The fraction of sp³-hybridized carbons (Fsp3) is 0.235. The Labute approximate surface area is 150 Å². The molecule has 2 aromatic heterocycles. The minimum absolute atomic E-state index is 0.0972. The van der Waals surface area contributed by atoms with Crippen molar-refractivity contribution in [2.75, 3.05) is 5.32 Å². The molecule has 0 amide bonds. The molecule has 0 atom stereocenters. The van der Waals surface area contributed by atoms with Gasteiger partial charge in [-0.15, -0.1) is 0 Å². The third-order valence-electron chi connectivity index (χ3n) is 4.31. The largest absolute Gasteiger partial charge is 0.543 e. The van der Waals surface area contributed by atoms with Crippen LogP contribution < -0.4 is 10.4 Å². The van der Waals surface area contributed by atoms with Crippen LogP contribution in [0.3, 0.4) is 0 Å². The van der Waals surface area contributed by atoms with Gasteiger partial charge in [0.15, 0.2) is 5.82 Å². The summed E-state index contributed by atoms with van der Waals surface area (Å²) in [4.78, 5) is 11.4. The van der Waals surface area contributed by atoms with Gasteiger partial charge in [0, 0.05) is 16.9 Å². The van der Waals surface area contributed by atoms with Crippen LogP contribution in [0, 0.1) is 0 Å². The SMILES string of the molecule is O=C([O-])c1nn(CC(F)(F)F)c2c1CCc1[nH]nc(Nc3ccccc3)c1-2. The van der Waals surface area contributed by atoms with Crippen molar-refractivity contribution in [3.05, 3.63) is 47.3 Å². The van der Waals surface area contributed by atoms with Crippen LogP contribution in [0.25, 0.3) is 11.3 Å². The number of para-hydroxylation sites is 1. The van der Waals surface area contributed by atoms with Crippen molar-refractivity contribution in [2.45, 2.75) is 25.6 Å². The van der Waals surface area contributed by atoms with Crippen molar-refractivity contribution < 1.29 is 23.1 Å². The van der Waals surface area contributed by atoms with E-state index in [1.54, 1.807) is 24.3 Å². The van der Waals surface area contributed by atoms with Gasteiger partial charge >= 0.3 is 6.18 Å². The number of nitrogens with zero attached hydrogens (tertiary/aromatic N) is 3. The standard InChI is InChI=1S/C17H14F3N5O2/c18-17(19,20)8-25-14-10(13(24-25)16(26)27)6-7-11-12(14)15(23-22-11)21-9-4-2-1-3-5-9/h1-5H,6-8H2,(H,26,27)(H2,21,22,23)/p-1. The van der Waals surface area contributed by atoms with Crippen LogP contribution in [0.5, 0.6) is 0 Å². The number of H-pyrrole nitrogens is 1. The number of carbonyl (C=O) groups is 1. The molecule has 1 aromatic carbocycles. The molecular formula is C17H13F3N5O2-. The number of carbonyl (C=O) groups excluding carboxylic acids is 1. The van der Waals surface area contributed by atoms with Crippen LogP contribution in [0.1, 0.15) is 21.7 Å². The first kappa shape index (κ1) is 17.1. The number of aromatic amines is 1. The first-order chi connectivity index (χ1) is 12.8. The van der Waals surface area contributed by atoms with E-state index in [1.807, 2.05) is 6.07 Å². The summed E-state index contributed by atoms with van der Waals surface area (Å²) in [7, 11) is 0. The van der Waals surface area contributed by atoms with E-state index < -0.39 is 24.4 Å². The number of alkyl halides is 3. The number of aryl methyl sites for hydroxylation is 1. The maximum absolute atomic E-state index is 13.0. The molecule has 3 aromatic rings. The molecule has 1 aliphatic carbocycles. The van der Waals surface area contributed by atoms with Gasteiger partial charge in [-0.25, -0.2) is 0 Å². The van der Waals surface area contributed by atoms with E-state index >= 15 is 0 Å². The van der Waals surface area contributed by atoms with E-state index in [4.69, 9.17) is 0 Å². The lowest BCUT2D eigenvalue weighted by molar-refractivity contribution is -0.255. The zero-order valence-electron chi connectivity index (χ0n) is 13.8. The molecular weight excluding hydrogens is 363 g/mol. The lowest BCUT2D eigenvalue weighted by Crippen LogP contribution is -2.25. The predicted octanol–water partition coefficient (Wildman–Crippen LogP) is 2.04. The molecule has 4 rings (SSSR count). The third-order valence-corrected chi connectivity index (χ3v) is 4.31. The summed E-state index contributed by atoms with van der Waals surface area (Å²) in [6, 6.07) is 8.99. The molecule has 0 fully saturated rings. The van der Waals surface area contributed by atoms with Crippen molar-refractivity contribution >= 4 is 17.5 Å². The Kier molecular flexibility index (Phi) is 3.90. The lowest BCUT2D eigenvalue weighted by Gasteiger charge is -2.17. The van der Waals surface area contributed by atoms with Gasteiger partial charge in [0.1, 0.15) is 12.2 Å². The molecule has 2 heterocycles. The van der Waals surface area contributed by atoms with E-state index in [1.165, 1.54) is 0 Å². The van der Waals surface area contributed by atoms with Gasteiger partial charge in [0.25, 0.3) is 0 Å². The second-order valence-corrected chi connectivity index (χ2v) is 6.15. The summed E-state index contributed by atoms with van der Waals surface area (Å²) in [6.45, 7) is -1.40. The highest BCUT2D eigenvalue weighted by Crippen LogP contribution is 2.40. The van der Waals surface area contributed by atoms with E-state index in [0.29, 0.717) is 33.9 Å². The molecule has 0 unspecified atom stereocenters. The van der Waals surface area contributed by atoms with Gasteiger partial charge in [0.05, 0.1) is 17.2 Å². The van der Waals surface area contributed by atoms with Crippen molar-refractivity contribution in [1.82, 2.24) is 20.0 Å². The Morgan fingerprint density at radius 3 is 2.67 bits per heavy atom. The minimum Gasteiger partial charge on any atom is -0.543 e. The molecule has 140 valence electrons. The van der Waals surface area contributed by atoms with Gasteiger partial charge in [-0.1, -0.05) is 18.2 Å². The molecule has 2 N–H and O–H groups in total. The first-order valence-electron chi connectivity index (χ1n) is 8.11. The quantitative estimate of drug-likeness (QED) is 0.726. The average molecular weight is 376 g/mol. The number of anilines is 2. The maximum Gasteiger partial charge on any atom is 0.408 e. The van der Waals surface area contributed by atoms with Crippen LogP contribution in [0.4, 0.5) is 24.7 Å².